The smallest absolute Gasteiger partial charge is 0.248 e. The van der Waals surface area contributed by atoms with Crippen molar-refractivity contribution in [2.24, 2.45) is 5.92 Å². The van der Waals surface area contributed by atoms with Crippen LogP contribution in [0.3, 0.4) is 0 Å². The molecule has 28 heavy (non-hydrogen) atoms. The van der Waals surface area contributed by atoms with E-state index in [9.17, 15) is 4.79 Å². The van der Waals surface area contributed by atoms with E-state index < -0.39 is 0 Å². The summed E-state index contributed by atoms with van der Waals surface area (Å²) in [5.74, 6) is 1.94. The molecule has 3 rings (SSSR count). The molecule has 5 nitrogen and oxygen atoms in total. The number of methoxy groups -OCH3 is 1. The predicted octanol–water partition coefficient (Wildman–Crippen LogP) is 3.20. The zero-order valence-corrected chi connectivity index (χ0v) is 17.4. The minimum Gasteiger partial charge on any atom is -0.497 e. The van der Waals surface area contributed by atoms with E-state index in [0.717, 1.165) is 57.1 Å². The second-order valence-corrected chi connectivity index (χ2v) is 8.13. The third-order valence-corrected chi connectivity index (χ3v) is 6.04. The number of fused-ring (bicyclic) bond motifs is 1. The number of carbonyl (C=O) groups is 1. The molecule has 1 amide bonds. The van der Waals surface area contributed by atoms with Crippen molar-refractivity contribution >= 4 is 5.91 Å². The SMILES string of the molecule is COc1ccc2c(c1)CC(CCCNCCCCN1CCCOCC1=O)CC2. The van der Waals surface area contributed by atoms with Gasteiger partial charge in [-0.15, -0.1) is 0 Å². The zero-order valence-electron chi connectivity index (χ0n) is 17.4. The second-order valence-electron chi connectivity index (χ2n) is 8.13. The van der Waals surface area contributed by atoms with Crippen LogP contribution in [0.4, 0.5) is 0 Å². The summed E-state index contributed by atoms with van der Waals surface area (Å²) in [6.07, 6.45) is 9.41. The minimum atomic E-state index is 0.150. The van der Waals surface area contributed by atoms with Gasteiger partial charge in [0.2, 0.25) is 5.91 Å². The lowest BCUT2D eigenvalue weighted by Crippen LogP contribution is -2.33. The number of hydrogen-bond acceptors (Lipinski definition) is 4. The molecule has 1 unspecified atom stereocenters. The number of rotatable bonds is 10. The Kier molecular flexibility index (Phi) is 8.62. The molecule has 0 spiro atoms. The summed E-state index contributed by atoms with van der Waals surface area (Å²) >= 11 is 0. The highest BCUT2D eigenvalue weighted by Crippen LogP contribution is 2.30. The molecular weight excluding hydrogens is 352 g/mol. The van der Waals surface area contributed by atoms with Crippen molar-refractivity contribution in [3.63, 3.8) is 0 Å². The molecule has 0 aromatic heterocycles. The highest BCUT2D eigenvalue weighted by Gasteiger charge is 2.19. The molecule has 1 aliphatic heterocycles. The van der Waals surface area contributed by atoms with E-state index in [1.54, 1.807) is 7.11 Å². The standard InChI is InChI=1S/C23H36N2O3/c1-27-22-10-9-20-8-7-19(16-21(20)17-22)6-4-12-24-11-2-3-13-25-14-5-15-28-18-23(25)26/h9-10,17,19,24H,2-8,11-16,18H2,1H3. The fourth-order valence-electron chi connectivity index (χ4n) is 4.35. The second kappa shape index (κ2) is 11.4. The highest BCUT2D eigenvalue weighted by molar-refractivity contribution is 5.77. The summed E-state index contributed by atoms with van der Waals surface area (Å²) < 4.78 is 10.7. The first-order chi connectivity index (χ1) is 13.8. The molecule has 1 fully saturated rings. The van der Waals surface area contributed by atoms with Crippen LogP contribution in [0.25, 0.3) is 0 Å². The van der Waals surface area contributed by atoms with E-state index >= 15 is 0 Å². The summed E-state index contributed by atoms with van der Waals surface area (Å²) in [5.41, 5.74) is 2.99. The largest absolute Gasteiger partial charge is 0.497 e. The third kappa shape index (κ3) is 6.49. The van der Waals surface area contributed by atoms with Crippen LogP contribution in [-0.2, 0) is 22.4 Å². The predicted molar refractivity (Wildman–Crippen MR) is 112 cm³/mol. The van der Waals surface area contributed by atoms with Crippen molar-refractivity contribution in [1.29, 1.82) is 0 Å². The topological polar surface area (TPSA) is 50.8 Å². The summed E-state index contributed by atoms with van der Waals surface area (Å²) in [4.78, 5) is 13.8. The Bertz CT molecular complexity index is 620. The summed E-state index contributed by atoms with van der Waals surface area (Å²) in [7, 11) is 1.74. The van der Waals surface area contributed by atoms with E-state index in [1.807, 2.05) is 4.90 Å². The fraction of sp³-hybridized carbons (Fsp3) is 0.696. The lowest BCUT2D eigenvalue weighted by atomic mass is 9.81. The first-order valence-corrected chi connectivity index (χ1v) is 11.0. The number of aryl methyl sites for hydroxylation is 1. The molecule has 0 bridgehead atoms. The Hall–Kier alpha value is -1.59. The van der Waals surface area contributed by atoms with Gasteiger partial charge in [0.15, 0.2) is 0 Å². The van der Waals surface area contributed by atoms with Crippen LogP contribution >= 0.6 is 0 Å². The van der Waals surface area contributed by atoms with Crippen LogP contribution in [0.5, 0.6) is 5.75 Å². The Morgan fingerprint density at radius 1 is 1.21 bits per heavy atom. The number of benzene rings is 1. The molecule has 1 aromatic carbocycles. The molecule has 5 heteroatoms. The first kappa shape index (κ1) is 21.1. The molecule has 1 aromatic rings. The Labute approximate surface area is 169 Å². The lowest BCUT2D eigenvalue weighted by Gasteiger charge is -2.25. The van der Waals surface area contributed by atoms with Gasteiger partial charge >= 0.3 is 0 Å². The number of carbonyl (C=O) groups excluding carboxylic acids is 1. The van der Waals surface area contributed by atoms with Crippen LogP contribution in [0, 0.1) is 5.92 Å². The Morgan fingerprint density at radius 3 is 3.00 bits per heavy atom. The maximum atomic E-state index is 11.9. The van der Waals surface area contributed by atoms with Gasteiger partial charge in [-0.2, -0.15) is 0 Å². The third-order valence-electron chi connectivity index (χ3n) is 6.04. The zero-order chi connectivity index (χ0) is 19.6. The summed E-state index contributed by atoms with van der Waals surface area (Å²) in [5, 5.41) is 3.58. The van der Waals surface area contributed by atoms with Crippen LogP contribution in [0.2, 0.25) is 0 Å². The van der Waals surface area contributed by atoms with Crippen LogP contribution in [0.1, 0.15) is 49.7 Å². The number of hydrogen-bond donors (Lipinski definition) is 1. The van der Waals surface area contributed by atoms with Crippen molar-refractivity contribution in [3.05, 3.63) is 29.3 Å². The molecule has 1 atom stereocenters. The van der Waals surface area contributed by atoms with Gasteiger partial charge in [-0.05, 0) is 93.6 Å². The minimum absolute atomic E-state index is 0.150. The monoisotopic (exact) mass is 388 g/mol. The maximum absolute atomic E-state index is 11.9. The van der Waals surface area contributed by atoms with Gasteiger partial charge in [-0.1, -0.05) is 6.07 Å². The van der Waals surface area contributed by atoms with Crippen molar-refractivity contribution in [2.45, 2.75) is 51.4 Å². The van der Waals surface area contributed by atoms with E-state index in [1.165, 1.54) is 43.2 Å². The molecular formula is C23H36N2O3. The number of nitrogens with zero attached hydrogens (tertiary/aromatic N) is 1. The quantitative estimate of drug-likeness (QED) is 0.626. The molecule has 0 radical (unpaired) electrons. The summed E-state index contributed by atoms with van der Waals surface area (Å²) in [6, 6.07) is 6.54. The van der Waals surface area contributed by atoms with Gasteiger partial charge < -0.3 is 19.7 Å². The van der Waals surface area contributed by atoms with E-state index in [4.69, 9.17) is 9.47 Å². The summed E-state index contributed by atoms with van der Waals surface area (Å²) in [6.45, 7) is 4.83. The van der Waals surface area contributed by atoms with Gasteiger partial charge in [0.1, 0.15) is 12.4 Å². The molecule has 2 aliphatic rings. The number of amides is 1. The molecule has 1 aliphatic carbocycles. The van der Waals surface area contributed by atoms with E-state index in [2.05, 4.69) is 23.5 Å². The molecule has 1 saturated heterocycles. The van der Waals surface area contributed by atoms with Crippen LogP contribution in [-0.4, -0.2) is 57.3 Å². The van der Waals surface area contributed by atoms with Gasteiger partial charge in [-0.25, -0.2) is 0 Å². The van der Waals surface area contributed by atoms with Crippen LogP contribution in [0.15, 0.2) is 18.2 Å². The molecule has 0 saturated carbocycles. The van der Waals surface area contributed by atoms with Gasteiger partial charge in [0.05, 0.1) is 7.11 Å². The van der Waals surface area contributed by atoms with Gasteiger partial charge in [0.25, 0.3) is 0 Å². The fourth-order valence-corrected chi connectivity index (χ4v) is 4.35. The highest BCUT2D eigenvalue weighted by atomic mass is 16.5. The van der Waals surface area contributed by atoms with Gasteiger partial charge in [-0.3, -0.25) is 4.79 Å². The number of unbranched alkanes of at least 4 members (excludes halogenated alkanes) is 1. The Balaban J connectivity index is 1.23. The van der Waals surface area contributed by atoms with Crippen molar-refractivity contribution in [3.8, 4) is 5.75 Å². The van der Waals surface area contributed by atoms with E-state index in [0.29, 0.717) is 6.61 Å². The average molecular weight is 389 g/mol. The number of nitrogens with one attached hydrogen (secondary N) is 1. The molecule has 156 valence electrons. The maximum Gasteiger partial charge on any atom is 0.248 e. The van der Waals surface area contributed by atoms with Gasteiger partial charge in [0, 0.05) is 19.7 Å². The Morgan fingerprint density at radius 2 is 2.11 bits per heavy atom. The lowest BCUT2D eigenvalue weighted by molar-refractivity contribution is -0.133. The van der Waals surface area contributed by atoms with Crippen LogP contribution < -0.4 is 10.1 Å². The average Bonchev–Trinajstić information content (AvgIpc) is 2.93. The molecule has 1 N–H and O–H groups in total. The normalized spacial score (nSPS) is 20.0. The number of ether oxygens (including phenoxy) is 2. The van der Waals surface area contributed by atoms with Crippen molar-refractivity contribution < 1.29 is 14.3 Å². The van der Waals surface area contributed by atoms with Crippen molar-refractivity contribution in [2.75, 3.05) is 46.5 Å². The van der Waals surface area contributed by atoms with Crippen molar-refractivity contribution in [1.82, 2.24) is 10.2 Å². The molecule has 1 heterocycles. The first-order valence-electron chi connectivity index (χ1n) is 11.0. The van der Waals surface area contributed by atoms with E-state index in [-0.39, 0.29) is 12.5 Å².